The van der Waals surface area contributed by atoms with E-state index in [0.717, 1.165) is 23.3 Å². The van der Waals surface area contributed by atoms with Gasteiger partial charge < -0.3 is 23.7 Å². The molecule has 0 spiro atoms. The van der Waals surface area contributed by atoms with Gasteiger partial charge in [-0.05, 0) is 37.6 Å². The van der Waals surface area contributed by atoms with E-state index >= 15 is 0 Å². The Morgan fingerprint density at radius 1 is 1.03 bits per heavy atom. The number of imidazole rings is 1. The molecule has 0 bridgehead atoms. The number of carbonyl (C=O) groups excluding carboxylic acids is 1. The first-order valence-electron chi connectivity index (χ1n) is 9.60. The molecule has 1 aliphatic heterocycles. The van der Waals surface area contributed by atoms with Crippen LogP contribution < -0.4 is 14.2 Å². The topological polar surface area (TPSA) is 65.8 Å². The van der Waals surface area contributed by atoms with Gasteiger partial charge in [0.1, 0.15) is 5.82 Å². The van der Waals surface area contributed by atoms with Crippen LogP contribution in [0.5, 0.6) is 17.2 Å². The van der Waals surface area contributed by atoms with Gasteiger partial charge in [0.05, 0.1) is 44.0 Å². The lowest BCUT2D eigenvalue weighted by Gasteiger charge is -2.21. The van der Waals surface area contributed by atoms with Gasteiger partial charge >= 0.3 is 0 Å². The Bertz CT molecular complexity index is 1060. The van der Waals surface area contributed by atoms with E-state index in [2.05, 4.69) is 15.6 Å². The van der Waals surface area contributed by atoms with Crippen molar-refractivity contribution in [2.75, 3.05) is 34.4 Å². The van der Waals surface area contributed by atoms with Crippen LogP contribution in [0.25, 0.3) is 11.0 Å². The molecular weight excluding hydrogens is 370 g/mol. The van der Waals surface area contributed by atoms with Gasteiger partial charge in [0, 0.05) is 13.1 Å². The van der Waals surface area contributed by atoms with Crippen molar-refractivity contribution >= 4 is 16.9 Å². The van der Waals surface area contributed by atoms with Gasteiger partial charge in [0.2, 0.25) is 5.75 Å². The third-order valence-electron chi connectivity index (χ3n) is 5.52. The number of fused-ring (bicyclic) bond motifs is 1. The van der Waals surface area contributed by atoms with Crippen molar-refractivity contribution in [1.82, 2.24) is 14.5 Å². The van der Waals surface area contributed by atoms with E-state index in [1.54, 1.807) is 19.2 Å². The Morgan fingerprint density at radius 3 is 2.52 bits per heavy atom. The lowest BCUT2D eigenvalue weighted by molar-refractivity contribution is 0.0783. The third-order valence-corrected chi connectivity index (χ3v) is 5.52. The fraction of sp³-hybridized carbons (Fsp3) is 0.364. The van der Waals surface area contributed by atoms with E-state index < -0.39 is 0 Å². The number of likely N-dealkylation sites (tertiary alicyclic amines) is 1. The van der Waals surface area contributed by atoms with E-state index in [4.69, 9.17) is 14.2 Å². The molecule has 1 fully saturated rings. The van der Waals surface area contributed by atoms with Crippen LogP contribution in [-0.2, 0) is 0 Å². The molecule has 7 heteroatoms. The fourth-order valence-corrected chi connectivity index (χ4v) is 4.20. The highest BCUT2D eigenvalue weighted by Crippen LogP contribution is 2.40. The van der Waals surface area contributed by atoms with Crippen LogP contribution in [-0.4, -0.2) is 54.8 Å². The quantitative estimate of drug-likeness (QED) is 0.662. The molecule has 0 unspecified atom stereocenters. The summed E-state index contributed by atoms with van der Waals surface area (Å²) in [4.78, 5) is 19.8. The van der Waals surface area contributed by atoms with Gasteiger partial charge in [-0.2, -0.15) is 0 Å². The van der Waals surface area contributed by atoms with Crippen LogP contribution in [0.4, 0.5) is 0 Å². The second-order valence-electron chi connectivity index (χ2n) is 7.09. The van der Waals surface area contributed by atoms with Gasteiger partial charge in [0.25, 0.3) is 5.91 Å². The molecule has 3 aromatic rings. The maximum absolute atomic E-state index is 13.3. The molecule has 2 heterocycles. The summed E-state index contributed by atoms with van der Waals surface area (Å²) in [5, 5.41) is 0. The molecular formula is C22H25N3O4. The number of para-hydroxylation sites is 2. The van der Waals surface area contributed by atoms with E-state index in [9.17, 15) is 4.79 Å². The third kappa shape index (κ3) is 3.16. The Morgan fingerprint density at radius 2 is 1.79 bits per heavy atom. The number of aryl methyl sites for hydroxylation is 1. The van der Waals surface area contributed by atoms with Crippen molar-refractivity contribution in [2.45, 2.75) is 19.4 Å². The molecule has 2 aromatic carbocycles. The number of benzene rings is 2. The van der Waals surface area contributed by atoms with E-state index in [1.165, 1.54) is 14.2 Å². The summed E-state index contributed by atoms with van der Waals surface area (Å²) < 4.78 is 18.5. The van der Waals surface area contributed by atoms with Crippen LogP contribution in [0, 0.1) is 6.92 Å². The van der Waals surface area contributed by atoms with Gasteiger partial charge in [-0.3, -0.25) is 4.79 Å². The number of nitrogens with zero attached hydrogens (tertiary/aromatic N) is 3. The number of aromatic nitrogens is 2. The summed E-state index contributed by atoms with van der Waals surface area (Å²) in [6, 6.07) is 11.8. The SMILES string of the molecule is COc1ccc(C(=O)N2CC[C@H](n3c(C)nc4ccccc43)C2)c(OC)c1OC. The standard InChI is InChI=1S/C22H25N3O4/c1-14-23-17-7-5-6-8-18(17)25(14)15-11-12-24(13-15)22(26)16-9-10-19(27-2)21(29-4)20(16)28-3/h5-10,15H,11-13H2,1-4H3/t15-/m0/s1. The van der Waals surface area contributed by atoms with E-state index in [-0.39, 0.29) is 11.9 Å². The maximum Gasteiger partial charge on any atom is 0.257 e. The lowest BCUT2D eigenvalue weighted by Crippen LogP contribution is -2.29. The molecule has 0 N–H and O–H groups in total. The number of methoxy groups -OCH3 is 3. The van der Waals surface area contributed by atoms with E-state index in [1.807, 2.05) is 30.0 Å². The summed E-state index contributed by atoms with van der Waals surface area (Å²) in [7, 11) is 4.62. The smallest absolute Gasteiger partial charge is 0.257 e. The van der Waals surface area contributed by atoms with Crippen LogP contribution in [0.1, 0.15) is 28.6 Å². The number of rotatable bonds is 5. The fourth-order valence-electron chi connectivity index (χ4n) is 4.20. The second kappa shape index (κ2) is 7.66. The molecule has 0 saturated carbocycles. The number of carbonyl (C=O) groups is 1. The molecule has 1 amide bonds. The molecule has 1 aliphatic rings. The number of ether oxygens (including phenoxy) is 3. The second-order valence-corrected chi connectivity index (χ2v) is 7.09. The molecule has 0 aliphatic carbocycles. The summed E-state index contributed by atoms with van der Waals surface area (Å²) in [6.07, 6.45) is 0.878. The molecule has 152 valence electrons. The van der Waals surface area contributed by atoms with Crippen LogP contribution in [0.2, 0.25) is 0 Å². The van der Waals surface area contributed by atoms with Crippen LogP contribution >= 0.6 is 0 Å². The first-order valence-corrected chi connectivity index (χ1v) is 9.60. The summed E-state index contributed by atoms with van der Waals surface area (Å²) in [5.74, 6) is 2.24. The Kier molecular flexibility index (Phi) is 5.05. The molecule has 7 nitrogen and oxygen atoms in total. The number of hydrogen-bond acceptors (Lipinski definition) is 5. The van der Waals surface area contributed by atoms with Gasteiger partial charge in [0.15, 0.2) is 11.5 Å². The molecule has 29 heavy (non-hydrogen) atoms. The molecule has 0 radical (unpaired) electrons. The molecule has 1 saturated heterocycles. The average Bonchev–Trinajstić information content (AvgIpc) is 3.35. The molecule has 1 aromatic heterocycles. The largest absolute Gasteiger partial charge is 0.493 e. The van der Waals surface area contributed by atoms with Crippen molar-refractivity contribution in [3.8, 4) is 17.2 Å². The van der Waals surface area contributed by atoms with Crippen molar-refractivity contribution < 1.29 is 19.0 Å². The van der Waals surface area contributed by atoms with Gasteiger partial charge in [-0.25, -0.2) is 4.98 Å². The zero-order valence-electron chi connectivity index (χ0n) is 17.1. The monoisotopic (exact) mass is 395 g/mol. The number of amides is 1. The highest BCUT2D eigenvalue weighted by Gasteiger charge is 2.32. The summed E-state index contributed by atoms with van der Waals surface area (Å²) in [6.45, 7) is 3.31. The van der Waals surface area contributed by atoms with Crippen LogP contribution in [0.3, 0.4) is 0 Å². The van der Waals surface area contributed by atoms with Crippen LogP contribution in [0.15, 0.2) is 36.4 Å². The van der Waals surface area contributed by atoms with Gasteiger partial charge in [-0.15, -0.1) is 0 Å². The minimum absolute atomic E-state index is 0.0765. The maximum atomic E-state index is 13.3. The minimum atomic E-state index is -0.0765. The number of hydrogen-bond donors (Lipinski definition) is 0. The Hall–Kier alpha value is -3.22. The van der Waals surface area contributed by atoms with Crippen molar-refractivity contribution in [3.63, 3.8) is 0 Å². The predicted molar refractivity (Wildman–Crippen MR) is 110 cm³/mol. The predicted octanol–water partition coefficient (Wildman–Crippen LogP) is 3.46. The van der Waals surface area contributed by atoms with Crippen molar-refractivity contribution in [2.24, 2.45) is 0 Å². The van der Waals surface area contributed by atoms with Crippen molar-refractivity contribution in [3.05, 3.63) is 47.8 Å². The Balaban J connectivity index is 1.63. The first kappa shape index (κ1) is 19.1. The van der Waals surface area contributed by atoms with E-state index in [0.29, 0.717) is 35.9 Å². The highest BCUT2D eigenvalue weighted by molar-refractivity contribution is 5.98. The summed E-state index contributed by atoms with van der Waals surface area (Å²) in [5.41, 5.74) is 2.56. The summed E-state index contributed by atoms with van der Waals surface area (Å²) >= 11 is 0. The normalized spacial score (nSPS) is 16.3. The lowest BCUT2D eigenvalue weighted by atomic mass is 10.1. The zero-order chi connectivity index (χ0) is 20.5. The minimum Gasteiger partial charge on any atom is -0.493 e. The average molecular weight is 395 g/mol. The zero-order valence-corrected chi connectivity index (χ0v) is 17.1. The highest BCUT2D eigenvalue weighted by atomic mass is 16.5. The van der Waals surface area contributed by atoms with Gasteiger partial charge in [-0.1, -0.05) is 12.1 Å². The first-order chi connectivity index (χ1) is 14.1. The molecule has 1 atom stereocenters. The van der Waals surface area contributed by atoms with Crippen molar-refractivity contribution in [1.29, 1.82) is 0 Å². The Labute approximate surface area is 169 Å². The molecule has 4 rings (SSSR count).